The van der Waals surface area contributed by atoms with E-state index in [1.165, 1.54) is 0 Å². The summed E-state index contributed by atoms with van der Waals surface area (Å²) in [6.45, 7) is 4.02. The van der Waals surface area contributed by atoms with Crippen molar-refractivity contribution in [2.24, 2.45) is 0 Å². The Morgan fingerprint density at radius 3 is 2.60 bits per heavy atom. The van der Waals surface area contributed by atoms with Crippen molar-refractivity contribution in [1.29, 1.82) is 5.26 Å². The topological polar surface area (TPSA) is 73.7 Å². The smallest absolute Gasteiger partial charge is 0.118 e. The summed E-state index contributed by atoms with van der Waals surface area (Å²) in [5, 5.41) is 14.3. The number of pyridine rings is 1. The van der Waals surface area contributed by atoms with E-state index in [-0.39, 0.29) is 0 Å². The summed E-state index contributed by atoms with van der Waals surface area (Å²) in [6, 6.07) is 16.2. The zero-order chi connectivity index (χ0) is 21.1. The molecule has 4 aromatic rings. The van der Waals surface area contributed by atoms with Gasteiger partial charge in [-0.2, -0.15) is 5.26 Å². The highest BCUT2D eigenvalue weighted by Crippen LogP contribution is 2.32. The van der Waals surface area contributed by atoms with Gasteiger partial charge in [-0.3, -0.25) is 4.98 Å². The maximum absolute atomic E-state index is 9.69. The van der Waals surface area contributed by atoms with Crippen LogP contribution in [-0.4, -0.2) is 17.1 Å². The molecule has 0 saturated heterocycles. The molecule has 0 aliphatic rings. The van der Waals surface area contributed by atoms with Gasteiger partial charge >= 0.3 is 0 Å². The van der Waals surface area contributed by atoms with Crippen molar-refractivity contribution in [2.75, 3.05) is 12.4 Å². The maximum atomic E-state index is 9.69. The van der Waals surface area contributed by atoms with E-state index in [0.717, 1.165) is 50.4 Å². The SMILES string of the molecule is COc1ccc(C=Cc2c(C)ncc(C#N)c2Nc2ccc3[nH]ccc3c2C)cc1. The number of nitrogens with zero attached hydrogens (tertiary/aromatic N) is 2. The molecule has 0 atom stereocenters. The number of H-pyrrole nitrogens is 1. The standard InChI is InChI=1S/C25H22N4O/c1-16-21-12-13-27-24(21)11-10-23(16)29-25-19(14-26)15-28-17(2)22(25)9-6-18-4-7-20(30-3)8-5-18/h4-13,15,27H,1-3H3,(H,28,29). The van der Waals surface area contributed by atoms with Crippen molar-refractivity contribution in [3.8, 4) is 11.8 Å². The first-order chi connectivity index (χ1) is 14.6. The van der Waals surface area contributed by atoms with Crippen molar-refractivity contribution >= 4 is 34.4 Å². The molecule has 2 aromatic carbocycles. The van der Waals surface area contributed by atoms with Gasteiger partial charge in [0.15, 0.2) is 0 Å². The third-order valence-electron chi connectivity index (χ3n) is 5.26. The predicted molar refractivity (Wildman–Crippen MR) is 122 cm³/mol. The fourth-order valence-electron chi connectivity index (χ4n) is 3.49. The van der Waals surface area contributed by atoms with Crippen LogP contribution in [0, 0.1) is 25.2 Å². The Bertz CT molecular complexity index is 1280. The fraction of sp³-hybridized carbons (Fsp3) is 0.120. The first kappa shape index (κ1) is 19.3. The molecule has 2 aromatic heterocycles. The minimum atomic E-state index is 0.503. The summed E-state index contributed by atoms with van der Waals surface area (Å²) >= 11 is 0. The van der Waals surface area contributed by atoms with Crippen LogP contribution >= 0.6 is 0 Å². The minimum Gasteiger partial charge on any atom is -0.497 e. The number of fused-ring (bicyclic) bond motifs is 1. The Morgan fingerprint density at radius 2 is 1.87 bits per heavy atom. The third kappa shape index (κ3) is 3.63. The number of methoxy groups -OCH3 is 1. The number of hydrogen-bond acceptors (Lipinski definition) is 4. The molecule has 5 nitrogen and oxygen atoms in total. The van der Waals surface area contributed by atoms with Gasteiger partial charge in [0.05, 0.1) is 18.4 Å². The number of benzene rings is 2. The van der Waals surface area contributed by atoms with Crippen LogP contribution in [0.15, 0.2) is 54.9 Å². The van der Waals surface area contributed by atoms with Crippen LogP contribution < -0.4 is 10.1 Å². The van der Waals surface area contributed by atoms with Crippen LogP contribution in [0.25, 0.3) is 23.1 Å². The summed E-state index contributed by atoms with van der Waals surface area (Å²) in [4.78, 5) is 7.65. The summed E-state index contributed by atoms with van der Waals surface area (Å²) in [5.41, 5.74) is 7.20. The van der Waals surface area contributed by atoms with E-state index in [1.807, 2.05) is 61.7 Å². The molecule has 0 amide bonds. The number of hydrogen-bond donors (Lipinski definition) is 2. The fourth-order valence-corrected chi connectivity index (χ4v) is 3.49. The number of aryl methyl sites for hydroxylation is 2. The number of aromatic nitrogens is 2. The van der Waals surface area contributed by atoms with E-state index >= 15 is 0 Å². The summed E-state index contributed by atoms with van der Waals surface area (Å²) in [7, 11) is 1.65. The lowest BCUT2D eigenvalue weighted by molar-refractivity contribution is 0.415. The minimum absolute atomic E-state index is 0.503. The lowest BCUT2D eigenvalue weighted by Gasteiger charge is -2.16. The molecule has 2 N–H and O–H groups in total. The van der Waals surface area contributed by atoms with E-state index in [1.54, 1.807) is 13.3 Å². The van der Waals surface area contributed by atoms with Crippen LogP contribution in [0.2, 0.25) is 0 Å². The number of anilines is 2. The van der Waals surface area contributed by atoms with Gasteiger partial charge in [0.1, 0.15) is 11.8 Å². The zero-order valence-electron chi connectivity index (χ0n) is 17.2. The van der Waals surface area contributed by atoms with Crippen molar-refractivity contribution in [3.05, 3.63) is 82.8 Å². The Balaban J connectivity index is 1.76. The molecule has 0 spiro atoms. The second kappa shape index (κ2) is 8.14. The summed E-state index contributed by atoms with van der Waals surface area (Å²) < 4.78 is 5.22. The van der Waals surface area contributed by atoms with Gasteiger partial charge < -0.3 is 15.0 Å². The van der Waals surface area contributed by atoms with Crippen LogP contribution in [0.4, 0.5) is 11.4 Å². The molecule has 0 bridgehead atoms. The maximum Gasteiger partial charge on any atom is 0.118 e. The second-order valence-electron chi connectivity index (χ2n) is 7.07. The lowest BCUT2D eigenvalue weighted by atomic mass is 10.0. The number of rotatable bonds is 5. The van der Waals surface area contributed by atoms with Gasteiger partial charge in [0.2, 0.25) is 0 Å². The molecule has 0 fully saturated rings. The molecular formula is C25H22N4O. The van der Waals surface area contributed by atoms with Crippen LogP contribution in [0.1, 0.15) is 27.9 Å². The number of nitriles is 1. The number of aromatic amines is 1. The molecule has 2 heterocycles. The van der Waals surface area contributed by atoms with Gasteiger partial charge in [0.25, 0.3) is 0 Å². The molecule has 4 rings (SSSR count). The molecule has 0 aliphatic heterocycles. The van der Waals surface area contributed by atoms with E-state index in [9.17, 15) is 5.26 Å². The third-order valence-corrected chi connectivity index (χ3v) is 5.26. The summed E-state index contributed by atoms with van der Waals surface area (Å²) in [5.74, 6) is 0.814. The second-order valence-corrected chi connectivity index (χ2v) is 7.07. The quantitative estimate of drug-likeness (QED) is 0.437. The van der Waals surface area contributed by atoms with Crippen LogP contribution in [0.3, 0.4) is 0 Å². The van der Waals surface area contributed by atoms with Gasteiger partial charge in [-0.25, -0.2) is 0 Å². The molecule has 5 heteroatoms. The highest BCUT2D eigenvalue weighted by molar-refractivity contribution is 5.90. The molecule has 0 aliphatic carbocycles. The lowest BCUT2D eigenvalue weighted by Crippen LogP contribution is -2.02. The van der Waals surface area contributed by atoms with Crippen LogP contribution in [0.5, 0.6) is 5.75 Å². The number of nitrogens with one attached hydrogen (secondary N) is 2. The van der Waals surface area contributed by atoms with Crippen molar-refractivity contribution in [2.45, 2.75) is 13.8 Å². The Kier molecular flexibility index (Phi) is 5.23. The molecule has 0 radical (unpaired) electrons. The number of ether oxygens (including phenoxy) is 1. The van der Waals surface area contributed by atoms with Gasteiger partial charge in [-0.15, -0.1) is 0 Å². The predicted octanol–water partition coefficient (Wildman–Crippen LogP) is 5.97. The van der Waals surface area contributed by atoms with Crippen molar-refractivity contribution in [3.63, 3.8) is 0 Å². The normalized spacial score (nSPS) is 11.0. The first-order valence-corrected chi connectivity index (χ1v) is 9.66. The monoisotopic (exact) mass is 394 g/mol. The van der Waals surface area contributed by atoms with Crippen LogP contribution in [-0.2, 0) is 0 Å². The average Bonchev–Trinajstić information content (AvgIpc) is 3.25. The highest BCUT2D eigenvalue weighted by Gasteiger charge is 2.13. The van der Waals surface area contributed by atoms with Gasteiger partial charge in [0, 0.05) is 40.2 Å². The Labute approximate surface area is 175 Å². The van der Waals surface area contributed by atoms with E-state index < -0.39 is 0 Å². The van der Waals surface area contributed by atoms with E-state index in [2.05, 4.69) is 34.3 Å². The van der Waals surface area contributed by atoms with Crippen molar-refractivity contribution in [1.82, 2.24) is 9.97 Å². The van der Waals surface area contributed by atoms with E-state index in [0.29, 0.717) is 5.56 Å². The van der Waals surface area contributed by atoms with Crippen molar-refractivity contribution < 1.29 is 4.74 Å². The first-order valence-electron chi connectivity index (χ1n) is 9.66. The van der Waals surface area contributed by atoms with Gasteiger partial charge in [-0.1, -0.05) is 24.3 Å². The Morgan fingerprint density at radius 1 is 1.07 bits per heavy atom. The Hall–Kier alpha value is -4.04. The molecule has 0 unspecified atom stereocenters. The van der Waals surface area contributed by atoms with E-state index in [4.69, 9.17) is 4.74 Å². The zero-order valence-corrected chi connectivity index (χ0v) is 17.2. The molecule has 148 valence electrons. The molecule has 0 saturated carbocycles. The average molecular weight is 394 g/mol. The largest absolute Gasteiger partial charge is 0.497 e. The highest BCUT2D eigenvalue weighted by atomic mass is 16.5. The molecular weight excluding hydrogens is 372 g/mol. The summed E-state index contributed by atoms with van der Waals surface area (Å²) in [6.07, 6.45) is 7.56. The molecule has 30 heavy (non-hydrogen) atoms. The van der Waals surface area contributed by atoms with Gasteiger partial charge in [-0.05, 0) is 55.3 Å².